The van der Waals surface area contributed by atoms with Crippen LogP contribution in [0, 0.1) is 17.8 Å². The van der Waals surface area contributed by atoms with Gasteiger partial charge in [0.05, 0.1) is 6.54 Å². The first-order valence-electron chi connectivity index (χ1n) is 9.92. The average molecular weight is 319 g/mol. The second-order valence-corrected chi connectivity index (χ2v) is 7.81. The highest BCUT2D eigenvalue weighted by atomic mass is 16.3. The SMILES string of the molecule is CCCN1CC[C@](O)(C#CCN2CCCCC2)[C@H]2CCCC[C@@H]21. The van der Waals surface area contributed by atoms with Gasteiger partial charge >= 0.3 is 0 Å². The molecule has 0 aromatic heterocycles. The topological polar surface area (TPSA) is 26.7 Å². The molecule has 0 aromatic rings. The summed E-state index contributed by atoms with van der Waals surface area (Å²) in [7, 11) is 0. The molecule has 2 saturated heterocycles. The Morgan fingerprint density at radius 3 is 2.61 bits per heavy atom. The third kappa shape index (κ3) is 4.10. The molecular weight excluding hydrogens is 284 g/mol. The Kier molecular flexibility index (Phi) is 6.01. The fourth-order valence-electron chi connectivity index (χ4n) is 4.91. The van der Waals surface area contributed by atoms with Gasteiger partial charge in [-0.1, -0.05) is 38.0 Å². The lowest BCUT2D eigenvalue weighted by molar-refractivity contribution is -0.0780. The lowest BCUT2D eigenvalue weighted by atomic mass is 9.69. The number of aliphatic hydroxyl groups is 1. The van der Waals surface area contributed by atoms with Crippen LogP contribution in [-0.4, -0.2) is 59.3 Å². The summed E-state index contributed by atoms with van der Waals surface area (Å²) in [5.41, 5.74) is -0.731. The predicted octanol–water partition coefficient (Wildman–Crippen LogP) is 2.88. The van der Waals surface area contributed by atoms with Crippen molar-refractivity contribution in [2.45, 2.75) is 76.4 Å². The summed E-state index contributed by atoms with van der Waals surface area (Å²) in [5, 5.41) is 11.3. The molecule has 0 amide bonds. The first-order chi connectivity index (χ1) is 11.2. The van der Waals surface area contributed by atoms with Crippen LogP contribution in [0.15, 0.2) is 0 Å². The largest absolute Gasteiger partial charge is 0.377 e. The molecule has 0 aromatic carbocycles. The molecule has 3 atom stereocenters. The summed E-state index contributed by atoms with van der Waals surface area (Å²) < 4.78 is 0. The lowest BCUT2D eigenvalue weighted by Crippen LogP contribution is -2.58. The van der Waals surface area contributed by atoms with Crippen LogP contribution >= 0.6 is 0 Å². The minimum absolute atomic E-state index is 0.366. The zero-order chi connectivity index (χ0) is 16.1. The third-order valence-electron chi connectivity index (χ3n) is 6.16. The van der Waals surface area contributed by atoms with Crippen molar-refractivity contribution in [1.29, 1.82) is 0 Å². The molecule has 130 valence electrons. The van der Waals surface area contributed by atoms with E-state index in [1.54, 1.807) is 0 Å². The molecule has 3 aliphatic rings. The van der Waals surface area contributed by atoms with Gasteiger partial charge in [-0.05, 0) is 51.7 Å². The minimum Gasteiger partial charge on any atom is -0.377 e. The van der Waals surface area contributed by atoms with Gasteiger partial charge in [-0.3, -0.25) is 9.80 Å². The van der Waals surface area contributed by atoms with Crippen molar-refractivity contribution >= 4 is 0 Å². The van der Waals surface area contributed by atoms with Gasteiger partial charge in [-0.15, -0.1) is 0 Å². The predicted molar refractivity (Wildman–Crippen MR) is 95.2 cm³/mol. The van der Waals surface area contributed by atoms with Crippen LogP contribution in [0.2, 0.25) is 0 Å². The second kappa shape index (κ2) is 8.01. The molecule has 1 saturated carbocycles. The second-order valence-electron chi connectivity index (χ2n) is 7.81. The quantitative estimate of drug-likeness (QED) is 0.811. The molecule has 0 radical (unpaired) electrons. The molecule has 23 heavy (non-hydrogen) atoms. The summed E-state index contributed by atoms with van der Waals surface area (Å²) >= 11 is 0. The Labute approximate surface area is 142 Å². The van der Waals surface area contributed by atoms with Crippen LogP contribution in [0.3, 0.4) is 0 Å². The van der Waals surface area contributed by atoms with Crippen molar-refractivity contribution in [3.8, 4) is 11.8 Å². The number of rotatable bonds is 3. The Morgan fingerprint density at radius 2 is 1.83 bits per heavy atom. The molecule has 2 heterocycles. The normalized spacial score (nSPS) is 36.1. The van der Waals surface area contributed by atoms with Crippen LogP contribution in [0.1, 0.15) is 64.7 Å². The molecule has 3 nitrogen and oxygen atoms in total. The Balaban J connectivity index is 1.65. The standard InChI is InChI=1S/C20H34N2O/c1-2-13-22-17-12-20(23,18-9-4-5-10-19(18)22)11-8-16-21-14-6-3-7-15-21/h18-19,23H,2-7,9-10,12-17H2,1H3/t18-,19-,20+/m0/s1. The van der Waals surface area contributed by atoms with E-state index in [-0.39, 0.29) is 0 Å². The maximum absolute atomic E-state index is 11.3. The van der Waals surface area contributed by atoms with Gasteiger partial charge in [-0.25, -0.2) is 0 Å². The van der Waals surface area contributed by atoms with Gasteiger partial charge in [-0.2, -0.15) is 0 Å². The number of piperidine rings is 2. The van der Waals surface area contributed by atoms with Crippen LogP contribution in [0.4, 0.5) is 0 Å². The van der Waals surface area contributed by atoms with Gasteiger partial charge in [0, 0.05) is 24.9 Å². The van der Waals surface area contributed by atoms with Crippen molar-refractivity contribution < 1.29 is 5.11 Å². The van der Waals surface area contributed by atoms with Crippen molar-refractivity contribution in [2.75, 3.05) is 32.7 Å². The van der Waals surface area contributed by atoms with E-state index in [0.29, 0.717) is 12.0 Å². The first-order valence-corrected chi connectivity index (χ1v) is 9.92. The zero-order valence-corrected chi connectivity index (χ0v) is 14.9. The summed E-state index contributed by atoms with van der Waals surface area (Å²) in [6.07, 6.45) is 11.0. The molecule has 1 aliphatic carbocycles. The van der Waals surface area contributed by atoms with E-state index in [4.69, 9.17) is 0 Å². The average Bonchev–Trinajstić information content (AvgIpc) is 2.59. The molecule has 0 bridgehead atoms. The first kappa shape index (κ1) is 17.3. The molecule has 3 heteroatoms. The molecule has 1 N–H and O–H groups in total. The van der Waals surface area contributed by atoms with E-state index in [9.17, 15) is 5.11 Å². The summed E-state index contributed by atoms with van der Waals surface area (Å²) in [6.45, 7) is 7.67. The van der Waals surface area contributed by atoms with E-state index in [1.807, 2.05) is 0 Å². The Morgan fingerprint density at radius 1 is 1.04 bits per heavy atom. The highest BCUT2D eigenvalue weighted by Gasteiger charge is 2.47. The molecule has 3 rings (SSSR count). The minimum atomic E-state index is -0.731. The number of likely N-dealkylation sites (tertiary alicyclic amines) is 2. The molecule has 2 aliphatic heterocycles. The lowest BCUT2D eigenvalue weighted by Gasteiger charge is -2.50. The number of fused-ring (bicyclic) bond motifs is 1. The maximum Gasteiger partial charge on any atom is 0.131 e. The van der Waals surface area contributed by atoms with Gasteiger partial charge in [0.2, 0.25) is 0 Å². The number of nitrogens with zero attached hydrogens (tertiary/aromatic N) is 2. The smallest absolute Gasteiger partial charge is 0.131 e. The van der Waals surface area contributed by atoms with Crippen LogP contribution in [0.25, 0.3) is 0 Å². The monoisotopic (exact) mass is 318 g/mol. The van der Waals surface area contributed by atoms with E-state index in [1.165, 1.54) is 64.6 Å². The van der Waals surface area contributed by atoms with Crippen molar-refractivity contribution in [3.63, 3.8) is 0 Å². The van der Waals surface area contributed by atoms with E-state index in [2.05, 4.69) is 28.6 Å². The van der Waals surface area contributed by atoms with E-state index in [0.717, 1.165) is 25.9 Å². The maximum atomic E-state index is 11.3. The molecule has 0 spiro atoms. The van der Waals surface area contributed by atoms with Crippen molar-refractivity contribution in [1.82, 2.24) is 9.80 Å². The van der Waals surface area contributed by atoms with E-state index < -0.39 is 5.60 Å². The van der Waals surface area contributed by atoms with Crippen molar-refractivity contribution in [3.05, 3.63) is 0 Å². The fraction of sp³-hybridized carbons (Fsp3) is 0.900. The summed E-state index contributed by atoms with van der Waals surface area (Å²) in [4.78, 5) is 5.08. The molecule has 0 unspecified atom stereocenters. The highest BCUT2D eigenvalue weighted by Crippen LogP contribution is 2.41. The molecule has 3 fully saturated rings. The zero-order valence-electron chi connectivity index (χ0n) is 14.9. The van der Waals surface area contributed by atoms with Crippen LogP contribution in [-0.2, 0) is 0 Å². The van der Waals surface area contributed by atoms with Crippen molar-refractivity contribution in [2.24, 2.45) is 5.92 Å². The number of hydrogen-bond donors (Lipinski definition) is 1. The van der Waals surface area contributed by atoms with Gasteiger partial charge < -0.3 is 5.11 Å². The Bertz CT molecular complexity index is 435. The highest BCUT2D eigenvalue weighted by molar-refractivity contribution is 5.20. The summed E-state index contributed by atoms with van der Waals surface area (Å²) in [5.74, 6) is 7.06. The number of hydrogen-bond acceptors (Lipinski definition) is 3. The van der Waals surface area contributed by atoms with Crippen LogP contribution < -0.4 is 0 Å². The summed E-state index contributed by atoms with van der Waals surface area (Å²) in [6, 6.07) is 0.562. The van der Waals surface area contributed by atoms with Crippen LogP contribution in [0.5, 0.6) is 0 Å². The van der Waals surface area contributed by atoms with Gasteiger partial charge in [0.15, 0.2) is 0 Å². The van der Waals surface area contributed by atoms with Gasteiger partial charge in [0.25, 0.3) is 0 Å². The Hall–Kier alpha value is -0.560. The fourth-order valence-corrected chi connectivity index (χ4v) is 4.91. The van der Waals surface area contributed by atoms with Gasteiger partial charge in [0.1, 0.15) is 5.60 Å². The molecular formula is C20H34N2O. The van der Waals surface area contributed by atoms with E-state index >= 15 is 0 Å². The third-order valence-corrected chi connectivity index (χ3v) is 6.16.